The third-order valence-electron chi connectivity index (χ3n) is 9.15. The zero-order chi connectivity index (χ0) is 30.1. The molecule has 1 aliphatic heterocycles. The second-order valence-electron chi connectivity index (χ2n) is 12.9. The van der Waals surface area contributed by atoms with Gasteiger partial charge in [-0.2, -0.15) is 0 Å². The Morgan fingerprint density at radius 2 is 1.81 bits per heavy atom. The highest BCUT2D eigenvalue weighted by atomic mass is 32.1. The van der Waals surface area contributed by atoms with Crippen molar-refractivity contribution in [2.75, 3.05) is 19.6 Å². The summed E-state index contributed by atoms with van der Waals surface area (Å²) < 4.78 is 1.13. The van der Waals surface area contributed by atoms with Gasteiger partial charge in [0.25, 0.3) is 0 Å². The Morgan fingerprint density at radius 1 is 1.07 bits per heavy atom. The molecule has 2 aromatic rings. The molecule has 1 saturated heterocycles. The Hall–Kier alpha value is -2.38. The third kappa shape index (κ3) is 9.31. The molecule has 2 atom stereocenters. The molecule has 2 heterocycles. The maximum Gasteiger partial charge on any atom is 0.224 e. The van der Waals surface area contributed by atoms with Crippen LogP contribution in [0.2, 0.25) is 0 Å². The first-order valence-electron chi connectivity index (χ1n) is 16.4. The molecule has 7 heteroatoms. The molecule has 0 radical (unpaired) electrons. The average molecular weight is 594 g/mol. The van der Waals surface area contributed by atoms with Gasteiger partial charge in [-0.1, -0.05) is 52.7 Å². The highest BCUT2D eigenvalue weighted by Gasteiger charge is 2.30. The van der Waals surface area contributed by atoms with E-state index in [-0.39, 0.29) is 29.9 Å². The van der Waals surface area contributed by atoms with Gasteiger partial charge in [0, 0.05) is 43.8 Å². The SMILES string of the molecule is C=C(CN1CCCC1)C(=O)CC[C@@H](NC(=O)[C@@H](CC(=O)CCC)Cc1nc2ccc(C(C)C)cc2s1)C1CCCCC1. The summed E-state index contributed by atoms with van der Waals surface area (Å²) in [6.07, 6.45) is 11.1. The normalized spacial score (nSPS) is 17.9. The van der Waals surface area contributed by atoms with Gasteiger partial charge in [-0.25, -0.2) is 4.98 Å². The van der Waals surface area contributed by atoms with E-state index in [4.69, 9.17) is 4.98 Å². The fourth-order valence-electron chi connectivity index (χ4n) is 6.58. The van der Waals surface area contributed by atoms with Crippen LogP contribution in [0.15, 0.2) is 30.4 Å². The van der Waals surface area contributed by atoms with E-state index in [1.807, 2.05) is 6.92 Å². The number of thiazole rings is 1. The molecule has 6 nitrogen and oxygen atoms in total. The first-order chi connectivity index (χ1) is 20.2. The standard InChI is InChI=1S/C35H51N3O3S/c1-5-11-29(39)20-28(22-34-36-31-15-14-27(24(2)3)21-33(31)42-34)35(41)37-30(26-12-7-6-8-13-26)16-17-32(40)25(4)23-38-18-9-10-19-38/h14-15,21,24,26,28,30H,4-13,16-20,22-23H2,1-3H3,(H,37,41)/t28-,30+/m0/s1. The van der Waals surface area contributed by atoms with Crippen LogP contribution in [0.4, 0.5) is 0 Å². The van der Waals surface area contributed by atoms with Gasteiger partial charge in [0.2, 0.25) is 5.91 Å². The molecule has 0 bridgehead atoms. The summed E-state index contributed by atoms with van der Waals surface area (Å²) in [6.45, 7) is 13.2. The van der Waals surface area contributed by atoms with Crippen molar-refractivity contribution in [2.45, 2.75) is 116 Å². The van der Waals surface area contributed by atoms with Crippen molar-refractivity contribution in [3.8, 4) is 0 Å². The molecule has 42 heavy (non-hydrogen) atoms. The Morgan fingerprint density at radius 3 is 2.50 bits per heavy atom. The Kier molecular flexibility index (Phi) is 12.3. The molecule has 2 aliphatic rings. The first-order valence-corrected chi connectivity index (χ1v) is 17.2. The molecule has 4 rings (SSSR count). The largest absolute Gasteiger partial charge is 0.353 e. The van der Waals surface area contributed by atoms with E-state index >= 15 is 0 Å². The molecule has 230 valence electrons. The monoisotopic (exact) mass is 593 g/mol. The maximum absolute atomic E-state index is 13.9. The first kappa shape index (κ1) is 32.5. The number of amides is 1. The van der Waals surface area contributed by atoms with Crippen molar-refractivity contribution in [1.82, 2.24) is 15.2 Å². The van der Waals surface area contributed by atoms with Crippen LogP contribution in [0.5, 0.6) is 0 Å². The molecular weight excluding hydrogens is 542 g/mol. The number of nitrogens with zero attached hydrogens (tertiary/aromatic N) is 2. The number of carbonyl (C=O) groups excluding carboxylic acids is 3. The molecule has 1 aliphatic carbocycles. The van der Waals surface area contributed by atoms with Gasteiger partial charge in [0.1, 0.15) is 5.78 Å². The highest BCUT2D eigenvalue weighted by Crippen LogP contribution is 2.31. The fraction of sp³-hybridized carbons (Fsp3) is 0.657. The quantitative estimate of drug-likeness (QED) is 0.205. The minimum atomic E-state index is -0.457. The average Bonchev–Trinajstić information content (AvgIpc) is 3.64. The van der Waals surface area contributed by atoms with Gasteiger partial charge in [-0.3, -0.25) is 19.3 Å². The van der Waals surface area contributed by atoms with Crippen LogP contribution in [0.1, 0.15) is 114 Å². The molecule has 1 amide bonds. The topological polar surface area (TPSA) is 79.4 Å². The van der Waals surface area contributed by atoms with E-state index in [2.05, 4.69) is 48.8 Å². The number of nitrogens with one attached hydrogen (secondary N) is 1. The lowest BCUT2D eigenvalue weighted by molar-refractivity contribution is -0.130. The lowest BCUT2D eigenvalue weighted by Gasteiger charge is -2.32. The number of benzene rings is 1. The Bertz CT molecular complexity index is 1220. The summed E-state index contributed by atoms with van der Waals surface area (Å²) >= 11 is 1.63. The predicted octanol–water partition coefficient (Wildman–Crippen LogP) is 7.40. The van der Waals surface area contributed by atoms with E-state index in [0.717, 1.165) is 60.4 Å². The van der Waals surface area contributed by atoms with Gasteiger partial charge in [0.15, 0.2) is 5.78 Å². The van der Waals surface area contributed by atoms with E-state index in [9.17, 15) is 14.4 Å². The van der Waals surface area contributed by atoms with Gasteiger partial charge < -0.3 is 5.32 Å². The minimum absolute atomic E-state index is 0.0610. The molecule has 0 unspecified atom stereocenters. The number of rotatable bonds is 16. The van der Waals surface area contributed by atoms with Crippen LogP contribution in [-0.4, -0.2) is 53.0 Å². The number of Topliss-reactive ketones (excluding diaryl/α,β-unsaturated/α-hetero) is 2. The number of aromatic nitrogens is 1. The van der Waals surface area contributed by atoms with Gasteiger partial charge in [-0.15, -0.1) is 11.3 Å². The van der Waals surface area contributed by atoms with E-state index in [0.29, 0.717) is 49.6 Å². The number of ketones is 2. The highest BCUT2D eigenvalue weighted by molar-refractivity contribution is 7.18. The third-order valence-corrected chi connectivity index (χ3v) is 10.2. The van der Waals surface area contributed by atoms with Gasteiger partial charge in [-0.05, 0) is 81.1 Å². The van der Waals surface area contributed by atoms with Crippen LogP contribution in [0, 0.1) is 11.8 Å². The van der Waals surface area contributed by atoms with Crippen LogP contribution in [0.25, 0.3) is 10.2 Å². The number of hydrogen-bond donors (Lipinski definition) is 1. The van der Waals surface area contributed by atoms with Crippen LogP contribution < -0.4 is 5.32 Å². The summed E-state index contributed by atoms with van der Waals surface area (Å²) in [5.74, 6) is 0.518. The van der Waals surface area contributed by atoms with Crippen LogP contribution in [-0.2, 0) is 20.8 Å². The molecule has 1 aromatic heterocycles. The summed E-state index contributed by atoms with van der Waals surface area (Å²) in [6, 6.07) is 6.33. The lowest BCUT2D eigenvalue weighted by atomic mass is 9.81. The Labute approximate surface area is 256 Å². The zero-order valence-electron chi connectivity index (χ0n) is 26.1. The van der Waals surface area contributed by atoms with Gasteiger partial charge in [0.05, 0.1) is 21.1 Å². The number of carbonyl (C=O) groups is 3. The summed E-state index contributed by atoms with van der Waals surface area (Å²) in [5.41, 5.74) is 2.91. The van der Waals surface area contributed by atoms with E-state index < -0.39 is 5.92 Å². The van der Waals surface area contributed by atoms with Crippen LogP contribution in [0.3, 0.4) is 0 Å². The number of likely N-dealkylation sites (tertiary alicyclic amines) is 1. The summed E-state index contributed by atoms with van der Waals surface area (Å²) in [4.78, 5) is 46.9. The van der Waals surface area contributed by atoms with Crippen molar-refractivity contribution < 1.29 is 14.4 Å². The van der Waals surface area contributed by atoms with Crippen molar-refractivity contribution in [3.05, 3.63) is 40.9 Å². The number of hydrogen-bond acceptors (Lipinski definition) is 6. The second kappa shape index (κ2) is 15.9. The number of fused-ring (bicyclic) bond motifs is 1. The maximum atomic E-state index is 13.9. The Balaban J connectivity index is 1.46. The van der Waals surface area contributed by atoms with E-state index in [1.54, 1.807) is 11.3 Å². The summed E-state index contributed by atoms with van der Waals surface area (Å²) in [5, 5.41) is 4.27. The van der Waals surface area contributed by atoms with Crippen molar-refractivity contribution in [1.29, 1.82) is 0 Å². The molecule has 0 spiro atoms. The van der Waals surface area contributed by atoms with E-state index in [1.165, 1.54) is 24.8 Å². The molecule has 1 saturated carbocycles. The molecular formula is C35H51N3O3S. The smallest absolute Gasteiger partial charge is 0.224 e. The van der Waals surface area contributed by atoms with Crippen molar-refractivity contribution in [3.63, 3.8) is 0 Å². The molecule has 1 aromatic carbocycles. The van der Waals surface area contributed by atoms with Crippen molar-refractivity contribution >= 4 is 39.0 Å². The van der Waals surface area contributed by atoms with Crippen molar-refractivity contribution in [2.24, 2.45) is 11.8 Å². The zero-order valence-corrected chi connectivity index (χ0v) is 26.9. The summed E-state index contributed by atoms with van der Waals surface area (Å²) in [7, 11) is 0. The molecule has 1 N–H and O–H groups in total. The molecule has 2 fully saturated rings. The second-order valence-corrected chi connectivity index (χ2v) is 14.1. The fourth-order valence-corrected chi connectivity index (χ4v) is 7.68. The lowest BCUT2D eigenvalue weighted by Crippen LogP contribution is -2.45. The minimum Gasteiger partial charge on any atom is -0.353 e. The van der Waals surface area contributed by atoms with Crippen LogP contribution >= 0.6 is 11.3 Å². The predicted molar refractivity (Wildman–Crippen MR) is 173 cm³/mol. The van der Waals surface area contributed by atoms with Gasteiger partial charge >= 0.3 is 0 Å².